The van der Waals surface area contributed by atoms with Crippen molar-refractivity contribution in [2.24, 2.45) is 5.92 Å². The van der Waals surface area contributed by atoms with Gasteiger partial charge in [0.25, 0.3) is 0 Å². The molecule has 4 nitrogen and oxygen atoms in total. The maximum atomic E-state index is 9.62. The van der Waals surface area contributed by atoms with Crippen LogP contribution in [0.4, 0.5) is 5.82 Å². The summed E-state index contributed by atoms with van der Waals surface area (Å²) in [5.41, 5.74) is 0. The summed E-state index contributed by atoms with van der Waals surface area (Å²) in [5.74, 6) is 1.18. The molecular formula is C10H14BrN3O. The van der Waals surface area contributed by atoms with E-state index in [0.717, 1.165) is 29.9 Å². The highest BCUT2D eigenvalue weighted by Crippen LogP contribution is 2.21. The summed E-state index contributed by atoms with van der Waals surface area (Å²) in [7, 11) is 0. The second-order valence-corrected chi connectivity index (χ2v) is 4.79. The largest absolute Gasteiger partial charge is 0.393 e. The van der Waals surface area contributed by atoms with Gasteiger partial charge in [-0.1, -0.05) is 6.92 Å². The van der Waals surface area contributed by atoms with Crippen LogP contribution in [0.15, 0.2) is 17.0 Å². The lowest BCUT2D eigenvalue weighted by Crippen LogP contribution is -2.42. The lowest BCUT2D eigenvalue weighted by atomic mass is 9.97. The first kappa shape index (κ1) is 10.8. The van der Waals surface area contributed by atoms with Crippen LogP contribution in [0.25, 0.3) is 0 Å². The average molecular weight is 272 g/mol. The van der Waals surface area contributed by atoms with Crippen LogP contribution < -0.4 is 4.90 Å². The number of hydrogen-bond acceptors (Lipinski definition) is 4. The van der Waals surface area contributed by atoms with Gasteiger partial charge < -0.3 is 10.0 Å². The van der Waals surface area contributed by atoms with Crippen molar-refractivity contribution < 1.29 is 5.11 Å². The average Bonchev–Trinajstić information content (AvgIpc) is 2.23. The Kier molecular flexibility index (Phi) is 3.21. The van der Waals surface area contributed by atoms with E-state index in [-0.39, 0.29) is 6.10 Å². The molecule has 0 saturated carbocycles. The van der Waals surface area contributed by atoms with Crippen LogP contribution in [0.3, 0.4) is 0 Å². The first-order valence-electron chi connectivity index (χ1n) is 5.07. The Labute approximate surface area is 97.5 Å². The van der Waals surface area contributed by atoms with Gasteiger partial charge >= 0.3 is 0 Å². The van der Waals surface area contributed by atoms with E-state index < -0.39 is 0 Å². The van der Waals surface area contributed by atoms with Crippen molar-refractivity contribution in [3.63, 3.8) is 0 Å². The topological polar surface area (TPSA) is 49.2 Å². The number of aliphatic hydroxyl groups excluding tert-OH is 1. The number of piperidine rings is 1. The standard InChI is InChI=1S/C10H14BrN3O/c1-7-6-14(3-2-8(7)15)10-5-12-9(11)4-13-10/h4-5,7-8,15H,2-3,6H2,1H3. The number of hydrogen-bond donors (Lipinski definition) is 1. The first-order valence-corrected chi connectivity index (χ1v) is 5.86. The number of aliphatic hydroxyl groups is 1. The smallest absolute Gasteiger partial charge is 0.147 e. The maximum Gasteiger partial charge on any atom is 0.147 e. The quantitative estimate of drug-likeness (QED) is 0.840. The van der Waals surface area contributed by atoms with Crippen LogP contribution in [0.2, 0.25) is 0 Å². The molecule has 0 aromatic carbocycles. The van der Waals surface area contributed by atoms with Crippen molar-refractivity contribution in [1.82, 2.24) is 9.97 Å². The Morgan fingerprint density at radius 2 is 2.27 bits per heavy atom. The molecule has 1 saturated heterocycles. The molecule has 1 aromatic heterocycles. The summed E-state index contributed by atoms with van der Waals surface area (Å²) < 4.78 is 0.747. The predicted molar refractivity (Wildman–Crippen MR) is 61.7 cm³/mol. The van der Waals surface area contributed by atoms with E-state index in [1.807, 2.05) is 0 Å². The molecule has 1 aliphatic rings. The van der Waals surface area contributed by atoms with Crippen LogP contribution in [-0.4, -0.2) is 34.3 Å². The molecule has 0 spiro atoms. The molecule has 2 atom stereocenters. The van der Waals surface area contributed by atoms with Crippen molar-refractivity contribution >= 4 is 21.7 Å². The van der Waals surface area contributed by atoms with Crippen molar-refractivity contribution in [3.05, 3.63) is 17.0 Å². The minimum atomic E-state index is -0.176. The van der Waals surface area contributed by atoms with E-state index in [0.29, 0.717) is 5.92 Å². The summed E-state index contributed by atoms with van der Waals surface area (Å²) in [6.07, 6.45) is 4.09. The molecule has 0 aliphatic carbocycles. The Bertz CT molecular complexity index is 330. The minimum Gasteiger partial charge on any atom is -0.393 e. The van der Waals surface area contributed by atoms with Gasteiger partial charge in [-0.05, 0) is 28.3 Å². The normalized spacial score (nSPS) is 26.7. The first-order chi connectivity index (χ1) is 7.16. The van der Waals surface area contributed by atoms with Crippen LogP contribution in [0, 0.1) is 5.92 Å². The van der Waals surface area contributed by atoms with Gasteiger partial charge in [-0.2, -0.15) is 0 Å². The van der Waals surface area contributed by atoms with E-state index in [1.165, 1.54) is 0 Å². The van der Waals surface area contributed by atoms with Crippen molar-refractivity contribution in [2.75, 3.05) is 18.0 Å². The number of rotatable bonds is 1. The zero-order valence-corrected chi connectivity index (χ0v) is 10.2. The van der Waals surface area contributed by atoms with Gasteiger partial charge in [0.1, 0.15) is 10.4 Å². The van der Waals surface area contributed by atoms with E-state index in [9.17, 15) is 5.11 Å². The molecular weight excluding hydrogens is 258 g/mol. The monoisotopic (exact) mass is 271 g/mol. The summed E-state index contributed by atoms with van der Waals surface area (Å²) in [6, 6.07) is 0. The van der Waals surface area contributed by atoms with Crippen LogP contribution in [0.5, 0.6) is 0 Å². The fourth-order valence-electron chi connectivity index (χ4n) is 1.81. The van der Waals surface area contributed by atoms with E-state index in [2.05, 4.69) is 37.7 Å². The molecule has 1 aromatic rings. The third-order valence-electron chi connectivity index (χ3n) is 2.79. The Balaban J connectivity index is 2.08. The summed E-state index contributed by atoms with van der Waals surface area (Å²) in [6.45, 7) is 3.75. The number of halogens is 1. The van der Waals surface area contributed by atoms with Gasteiger partial charge in [-0.3, -0.25) is 0 Å². The SMILES string of the molecule is CC1CN(c2cnc(Br)cn2)CCC1O. The minimum absolute atomic E-state index is 0.176. The molecule has 2 rings (SSSR count). The predicted octanol–water partition coefficient (Wildman–Crippen LogP) is 1.45. The highest BCUT2D eigenvalue weighted by Gasteiger charge is 2.24. The molecule has 2 heterocycles. The van der Waals surface area contributed by atoms with Gasteiger partial charge in [0.05, 0.1) is 18.5 Å². The third kappa shape index (κ3) is 2.46. The molecule has 0 bridgehead atoms. The van der Waals surface area contributed by atoms with Gasteiger partial charge in [-0.25, -0.2) is 9.97 Å². The van der Waals surface area contributed by atoms with Crippen molar-refractivity contribution in [2.45, 2.75) is 19.4 Å². The van der Waals surface area contributed by atoms with Gasteiger partial charge in [0, 0.05) is 13.1 Å². The zero-order chi connectivity index (χ0) is 10.8. The molecule has 1 N–H and O–H groups in total. The summed E-state index contributed by atoms with van der Waals surface area (Å²) in [5, 5.41) is 9.62. The lowest BCUT2D eigenvalue weighted by molar-refractivity contribution is 0.0968. The molecule has 1 aliphatic heterocycles. The van der Waals surface area contributed by atoms with Crippen molar-refractivity contribution in [3.8, 4) is 0 Å². The third-order valence-corrected chi connectivity index (χ3v) is 3.20. The number of nitrogens with zero attached hydrogens (tertiary/aromatic N) is 3. The lowest BCUT2D eigenvalue weighted by Gasteiger charge is -2.34. The summed E-state index contributed by atoms with van der Waals surface area (Å²) >= 11 is 3.26. The number of anilines is 1. The zero-order valence-electron chi connectivity index (χ0n) is 8.60. The van der Waals surface area contributed by atoms with Gasteiger partial charge in [0.2, 0.25) is 0 Å². The molecule has 5 heteroatoms. The van der Waals surface area contributed by atoms with Crippen LogP contribution in [0.1, 0.15) is 13.3 Å². The van der Waals surface area contributed by atoms with Crippen molar-refractivity contribution in [1.29, 1.82) is 0 Å². The van der Waals surface area contributed by atoms with Gasteiger partial charge in [-0.15, -0.1) is 0 Å². The highest BCUT2D eigenvalue weighted by atomic mass is 79.9. The molecule has 2 unspecified atom stereocenters. The summed E-state index contributed by atoms with van der Waals surface area (Å²) in [4.78, 5) is 10.6. The maximum absolute atomic E-state index is 9.62. The van der Waals surface area contributed by atoms with E-state index in [4.69, 9.17) is 0 Å². The highest BCUT2D eigenvalue weighted by molar-refractivity contribution is 9.10. The number of aromatic nitrogens is 2. The Morgan fingerprint density at radius 1 is 1.47 bits per heavy atom. The fraction of sp³-hybridized carbons (Fsp3) is 0.600. The van der Waals surface area contributed by atoms with Gasteiger partial charge in [0.15, 0.2) is 0 Å². The fourth-order valence-corrected chi connectivity index (χ4v) is 2.01. The van der Waals surface area contributed by atoms with E-state index >= 15 is 0 Å². The Hall–Kier alpha value is -0.680. The van der Waals surface area contributed by atoms with Crippen LogP contribution in [-0.2, 0) is 0 Å². The van der Waals surface area contributed by atoms with Crippen LogP contribution >= 0.6 is 15.9 Å². The molecule has 1 fully saturated rings. The van der Waals surface area contributed by atoms with E-state index in [1.54, 1.807) is 12.4 Å². The molecule has 0 amide bonds. The molecule has 0 radical (unpaired) electrons. The Morgan fingerprint density at radius 3 is 2.87 bits per heavy atom. The second-order valence-electron chi connectivity index (χ2n) is 3.98. The molecule has 82 valence electrons. The second kappa shape index (κ2) is 4.45. The molecule has 15 heavy (non-hydrogen) atoms.